The molecule has 0 saturated carbocycles. The highest BCUT2D eigenvalue weighted by Crippen LogP contribution is 2.29. The van der Waals surface area contributed by atoms with Gasteiger partial charge in [-0.3, -0.25) is 25.0 Å². The Morgan fingerprint density at radius 1 is 1.08 bits per heavy atom. The molecule has 0 unspecified atom stereocenters. The van der Waals surface area contributed by atoms with Gasteiger partial charge in [0.2, 0.25) is 0 Å². The lowest BCUT2D eigenvalue weighted by atomic mass is 10.0. The minimum atomic E-state index is -0.813. The van der Waals surface area contributed by atoms with Crippen LogP contribution in [0.1, 0.15) is 21.5 Å². The first kappa shape index (κ1) is 17.0. The van der Waals surface area contributed by atoms with Crippen LogP contribution < -0.4 is 5.32 Å². The maximum absolute atomic E-state index is 13.1. The Balaban J connectivity index is 2.48. The van der Waals surface area contributed by atoms with E-state index in [1.54, 1.807) is 6.92 Å². The van der Waals surface area contributed by atoms with Crippen LogP contribution in [0.25, 0.3) is 0 Å². The van der Waals surface area contributed by atoms with Gasteiger partial charge < -0.3 is 5.32 Å². The van der Waals surface area contributed by atoms with Gasteiger partial charge in [-0.15, -0.1) is 0 Å². The van der Waals surface area contributed by atoms with Crippen molar-refractivity contribution in [1.29, 1.82) is 0 Å². The number of nitro groups is 2. The van der Waals surface area contributed by atoms with E-state index in [2.05, 4.69) is 5.32 Å². The highest BCUT2D eigenvalue weighted by molar-refractivity contribution is 6.06. The third kappa shape index (κ3) is 3.35. The Hall–Kier alpha value is -3.36. The number of nitrogens with zero attached hydrogens (tertiary/aromatic N) is 2. The number of nitro benzene ring substituents is 2. The third-order valence-corrected chi connectivity index (χ3v) is 3.45. The fourth-order valence-corrected chi connectivity index (χ4v) is 2.17. The molecule has 0 radical (unpaired) electrons. The van der Waals surface area contributed by atoms with E-state index in [9.17, 15) is 29.4 Å². The molecule has 1 amide bonds. The third-order valence-electron chi connectivity index (χ3n) is 3.45. The Morgan fingerprint density at radius 2 is 1.75 bits per heavy atom. The summed E-state index contributed by atoms with van der Waals surface area (Å²) in [5.41, 5.74) is -0.531. The summed E-state index contributed by atoms with van der Waals surface area (Å²) >= 11 is 0. The van der Waals surface area contributed by atoms with Crippen LogP contribution in [-0.2, 0) is 0 Å². The molecular weight excluding hydrogens is 321 g/mol. The molecule has 0 aliphatic heterocycles. The van der Waals surface area contributed by atoms with Crippen molar-refractivity contribution in [1.82, 2.24) is 0 Å². The normalized spacial score (nSPS) is 10.3. The molecule has 24 heavy (non-hydrogen) atoms. The quantitative estimate of drug-likeness (QED) is 0.679. The number of hydrogen-bond acceptors (Lipinski definition) is 5. The van der Waals surface area contributed by atoms with Crippen molar-refractivity contribution < 1.29 is 19.0 Å². The molecule has 2 aromatic rings. The van der Waals surface area contributed by atoms with Crippen LogP contribution in [-0.4, -0.2) is 15.8 Å². The summed E-state index contributed by atoms with van der Waals surface area (Å²) in [5.74, 6) is -1.23. The molecule has 0 aliphatic rings. The van der Waals surface area contributed by atoms with Gasteiger partial charge in [-0.2, -0.15) is 0 Å². The Bertz CT molecular complexity index is 866. The summed E-state index contributed by atoms with van der Waals surface area (Å²) in [6.45, 7) is 2.90. The maximum Gasteiger partial charge on any atom is 0.279 e. The number of aryl methyl sites for hydroxylation is 1. The molecule has 1 N–H and O–H groups in total. The second-order valence-electron chi connectivity index (χ2n) is 5.07. The van der Waals surface area contributed by atoms with Crippen molar-refractivity contribution in [2.24, 2.45) is 0 Å². The van der Waals surface area contributed by atoms with Crippen LogP contribution >= 0.6 is 0 Å². The minimum absolute atomic E-state index is 0.00265. The first-order valence-electron chi connectivity index (χ1n) is 6.71. The predicted octanol–water partition coefficient (Wildman–Crippen LogP) is 3.51. The van der Waals surface area contributed by atoms with Gasteiger partial charge in [0.25, 0.3) is 17.3 Å². The summed E-state index contributed by atoms with van der Waals surface area (Å²) in [5, 5.41) is 24.4. The number of hydrogen-bond donors (Lipinski definition) is 1. The van der Waals surface area contributed by atoms with Gasteiger partial charge in [0.05, 0.1) is 21.5 Å². The van der Waals surface area contributed by atoms with Gasteiger partial charge in [-0.05, 0) is 37.6 Å². The number of amides is 1. The van der Waals surface area contributed by atoms with E-state index in [-0.39, 0.29) is 11.1 Å². The molecule has 0 bridgehead atoms. The van der Waals surface area contributed by atoms with E-state index in [0.717, 1.165) is 18.2 Å². The van der Waals surface area contributed by atoms with Crippen molar-refractivity contribution in [3.8, 4) is 0 Å². The van der Waals surface area contributed by atoms with Crippen LogP contribution in [0.2, 0.25) is 0 Å². The number of carbonyl (C=O) groups excluding carboxylic acids is 1. The van der Waals surface area contributed by atoms with Crippen molar-refractivity contribution in [2.45, 2.75) is 13.8 Å². The fourth-order valence-electron chi connectivity index (χ4n) is 2.17. The summed E-state index contributed by atoms with van der Waals surface area (Å²) in [6.07, 6.45) is 0. The number of benzene rings is 2. The smallest absolute Gasteiger partial charge is 0.279 e. The zero-order valence-corrected chi connectivity index (χ0v) is 12.7. The number of carbonyl (C=O) groups is 1. The monoisotopic (exact) mass is 333 g/mol. The molecule has 0 aliphatic carbocycles. The van der Waals surface area contributed by atoms with Crippen LogP contribution in [0.5, 0.6) is 0 Å². The molecule has 2 rings (SSSR count). The second kappa shape index (κ2) is 6.41. The van der Waals surface area contributed by atoms with Crippen molar-refractivity contribution in [3.05, 3.63) is 73.1 Å². The van der Waals surface area contributed by atoms with Gasteiger partial charge in [0.15, 0.2) is 0 Å². The molecule has 0 atom stereocenters. The molecule has 9 heteroatoms. The summed E-state index contributed by atoms with van der Waals surface area (Å²) in [7, 11) is 0. The Morgan fingerprint density at radius 3 is 2.29 bits per heavy atom. The lowest BCUT2D eigenvalue weighted by Crippen LogP contribution is -2.15. The van der Waals surface area contributed by atoms with E-state index in [0.29, 0.717) is 11.3 Å². The predicted molar refractivity (Wildman–Crippen MR) is 83.6 cm³/mol. The van der Waals surface area contributed by atoms with E-state index in [1.807, 2.05) is 0 Å². The van der Waals surface area contributed by atoms with Gasteiger partial charge in [-0.25, -0.2) is 4.39 Å². The van der Waals surface area contributed by atoms with Crippen molar-refractivity contribution in [2.75, 3.05) is 5.32 Å². The molecule has 0 aromatic heterocycles. The average molecular weight is 333 g/mol. The van der Waals surface area contributed by atoms with Crippen LogP contribution in [0, 0.1) is 39.9 Å². The lowest BCUT2D eigenvalue weighted by Gasteiger charge is -2.10. The zero-order chi connectivity index (χ0) is 18.0. The minimum Gasteiger partial charge on any atom is -0.322 e. The first-order valence-corrected chi connectivity index (χ1v) is 6.71. The van der Waals surface area contributed by atoms with Crippen LogP contribution in [0.4, 0.5) is 21.5 Å². The topological polar surface area (TPSA) is 115 Å². The lowest BCUT2D eigenvalue weighted by molar-refractivity contribution is -0.394. The standard InChI is InChI=1S/C15H12FN3O5/c1-8-5-10(16)3-4-13(8)17-15(20)12-6-11(18(21)22)7-14(9(12)2)19(23)24/h3-7H,1-2H3,(H,17,20). The summed E-state index contributed by atoms with van der Waals surface area (Å²) in [6, 6.07) is 5.46. The number of halogens is 1. The van der Waals surface area contributed by atoms with Crippen molar-refractivity contribution >= 4 is 23.0 Å². The molecule has 124 valence electrons. The molecule has 8 nitrogen and oxygen atoms in total. The molecule has 0 spiro atoms. The number of rotatable bonds is 4. The Labute approximate surface area is 135 Å². The first-order chi connectivity index (χ1) is 11.2. The molecule has 0 fully saturated rings. The van der Waals surface area contributed by atoms with E-state index >= 15 is 0 Å². The van der Waals surface area contributed by atoms with Crippen LogP contribution in [0.15, 0.2) is 30.3 Å². The van der Waals surface area contributed by atoms with Crippen molar-refractivity contribution in [3.63, 3.8) is 0 Å². The zero-order valence-electron chi connectivity index (χ0n) is 12.7. The van der Waals surface area contributed by atoms with Gasteiger partial charge in [-0.1, -0.05) is 0 Å². The highest BCUT2D eigenvalue weighted by Gasteiger charge is 2.25. The summed E-state index contributed by atoms with van der Waals surface area (Å²) in [4.78, 5) is 32.7. The fraction of sp³-hybridized carbons (Fsp3) is 0.133. The Kier molecular flexibility index (Phi) is 4.54. The van der Waals surface area contributed by atoms with Gasteiger partial charge in [0.1, 0.15) is 5.82 Å². The molecule has 0 heterocycles. The van der Waals surface area contributed by atoms with Gasteiger partial charge >= 0.3 is 0 Å². The van der Waals surface area contributed by atoms with E-state index in [4.69, 9.17) is 0 Å². The number of non-ortho nitro benzene ring substituents is 1. The molecular formula is C15H12FN3O5. The largest absolute Gasteiger partial charge is 0.322 e. The van der Waals surface area contributed by atoms with E-state index in [1.165, 1.54) is 19.1 Å². The van der Waals surface area contributed by atoms with Crippen LogP contribution in [0.3, 0.4) is 0 Å². The highest BCUT2D eigenvalue weighted by atomic mass is 19.1. The van der Waals surface area contributed by atoms with Gasteiger partial charge in [0, 0.05) is 17.3 Å². The second-order valence-corrected chi connectivity index (χ2v) is 5.07. The molecule has 2 aromatic carbocycles. The summed E-state index contributed by atoms with van der Waals surface area (Å²) < 4.78 is 13.1. The average Bonchev–Trinajstić information content (AvgIpc) is 2.49. The SMILES string of the molecule is Cc1cc(F)ccc1NC(=O)c1cc([N+](=O)[O-])cc([N+](=O)[O-])c1C. The van der Waals surface area contributed by atoms with E-state index < -0.39 is 32.9 Å². The molecule has 0 saturated heterocycles. The number of nitrogens with one attached hydrogen (secondary N) is 1. The maximum atomic E-state index is 13.1. The number of anilines is 1.